The van der Waals surface area contributed by atoms with E-state index < -0.39 is 0 Å². The minimum atomic E-state index is -0.138. The van der Waals surface area contributed by atoms with Crippen LogP contribution in [0, 0.1) is 6.92 Å². The zero-order valence-corrected chi connectivity index (χ0v) is 17.0. The Kier molecular flexibility index (Phi) is 6.13. The Bertz CT molecular complexity index is 807. The molecule has 1 atom stereocenters. The van der Waals surface area contributed by atoms with Crippen LogP contribution in [0.2, 0.25) is 0 Å². The van der Waals surface area contributed by atoms with Crippen molar-refractivity contribution in [2.75, 3.05) is 44.6 Å². The standard InChI is InChI=1S/C19H26N6O2S/c1-14-22-23-19(28-14)21-17-7-5-6-15(20-17)16-12-24(10-11-27-16)13-18(26)25-8-3-2-4-9-25/h5-7,16H,2-4,8-13H2,1H3,(H,20,21,23)/t16-/m1/s1. The van der Waals surface area contributed by atoms with Crippen LogP contribution in [-0.4, -0.2) is 70.2 Å². The maximum absolute atomic E-state index is 12.6. The summed E-state index contributed by atoms with van der Waals surface area (Å²) in [5, 5.41) is 12.9. The smallest absolute Gasteiger partial charge is 0.236 e. The van der Waals surface area contributed by atoms with Gasteiger partial charge in [-0.15, -0.1) is 10.2 Å². The molecule has 1 amide bonds. The van der Waals surface area contributed by atoms with Gasteiger partial charge in [0.1, 0.15) is 16.9 Å². The molecule has 0 spiro atoms. The lowest BCUT2D eigenvalue weighted by molar-refractivity contribution is -0.135. The van der Waals surface area contributed by atoms with Crippen LogP contribution in [0.4, 0.5) is 10.9 Å². The first-order chi connectivity index (χ1) is 13.7. The number of amides is 1. The van der Waals surface area contributed by atoms with Gasteiger partial charge in [0.05, 0.1) is 18.8 Å². The number of hydrogen-bond donors (Lipinski definition) is 1. The zero-order valence-electron chi connectivity index (χ0n) is 16.1. The number of carbonyl (C=O) groups is 1. The highest BCUT2D eigenvalue weighted by Crippen LogP contribution is 2.24. The fourth-order valence-electron chi connectivity index (χ4n) is 3.62. The molecule has 4 rings (SSSR count). The number of rotatable bonds is 5. The molecule has 0 saturated carbocycles. The van der Waals surface area contributed by atoms with Crippen molar-refractivity contribution in [3.05, 3.63) is 28.9 Å². The van der Waals surface area contributed by atoms with Crippen LogP contribution in [0.25, 0.3) is 0 Å². The van der Waals surface area contributed by atoms with Crippen molar-refractivity contribution in [3.63, 3.8) is 0 Å². The molecule has 0 unspecified atom stereocenters. The maximum Gasteiger partial charge on any atom is 0.236 e. The first-order valence-electron chi connectivity index (χ1n) is 9.83. The van der Waals surface area contributed by atoms with Crippen LogP contribution in [0.5, 0.6) is 0 Å². The molecule has 2 aliphatic heterocycles. The van der Waals surface area contributed by atoms with Crippen LogP contribution < -0.4 is 5.32 Å². The van der Waals surface area contributed by atoms with Gasteiger partial charge >= 0.3 is 0 Å². The van der Waals surface area contributed by atoms with Crippen molar-refractivity contribution in [2.24, 2.45) is 0 Å². The molecule has 2 aromatic heterocycles. The van der Waals surface area contributed by atoms with Crippen molar-refractivity contribution in [1.29, 1.82) is 0 Å². The third-order valence-corrected chi connectivity index (χ3v) is 5.83. The molecule has 8 nitrogen and oxygen atoms in total. The number of aryl methyl sites for hydroxylation is 1. The number of ether oxygens (including phenoxy) is 1. The van der Waals surface area contributed by atoms with Crippen LogP contribution in [0.1, 0.15) is 36.1 Å². The van der Waals surface area contributed by atoms with Gasteiger partial charge in [-0.2, -0.15) is 0 Å². The third kappa shape index (κ3) is 4.84. The van der Waals surface area contributed by atoms with Gasteiger partial charge in [0, 0.05) is 26.2 Å². The lowest BCUT2D eigenvalue weighted by Crippen LogP contribution is -2.46. The number of piperidine rings is 1. The number of aromatic nitrogens is 3. The summed E-state index contributed by atoms with van der Waals surface area (Å²) < 4.78 is 5.95. The number of pyridine rings is 1. The van der Waals surface area contributed by atoms with E-state index in [0.717, 1.165) is 54.1 Å². The van der Waals surface area contributed by atoms with E-state index in [4.69, 9.17) is 4.74 Å². The monoisotopic (exact) mass is 402 g/mol. The summed E-state index contributed by atoms with van der Waals surface area (Å²) in [6.45, 7) is 6.23. The van der Waals surface area contributed by atoms with E-state index in [1.54, 1.807) is 0 Å². The molecule has 0 bridgehead atoms. The highest BCUT2D eigenvalue weighted by atomic mass is 32.1. The Balaban J connectivity index is 1.37. The summed E-state index contributed by atoms with van der Waals surface area (Å²) in [7, 11) is 0. The van der Waals surface area contributed by atoms with Gasteiger partial charge in [-0.1, -0.05) is 17.4 Å². The Morgan fingerprint density at radius 2 is 2.11 bits per heavy atom. The summed E-state index contributed by atoms with van der Waals surface area (Å²) in [4.78, 5) is 21.4. The zero-order chi connectivity index (χ0) is 19.3. The van der Waals surface area contributed by atoms with E-state index in [1.807, 2.05) is 30.0 Å². The average Bonchev–Trinajstić information content (AvgIpc) is 3.13. The van der Waals surface area contributed by atoms with Gasteiger partial charge in [0.15, 0.2) is 0 Å². The van der Waals surface area contributed by atoms with Gasteiger partial charge in [0.25, 0.3) is 0 Å². The Morgan fingerprint density at radius 3 is 2.89 bits per heavy atom. The second-order valence-corrected chi connectivity index (χ2v) is 8.42. The fourth-order valence-corrected chi connectivity index (χ4v) is 4.22. The van der Waals surface area contributed by atoms with Gasteiger partial charge < -0.3 is 15.0 Å². The van der Waals surface area contributed by atoms with Crippen molar-refractivity contribution in [2.45, 2.75) is 32.3 Å². The highest BCUT2D eigenvalue weighted by molar-refractivity contribution is 7.15. The topological polar surface area (TPSA) is 83.5 Å². The number of morpholine rings is 1. The minimum absolute atomic E-state index is 0.138. The van der Waals surface area contributed by atoms with E-state index in [2.05, 4.69) is 25.4 Å². The molecular weight excluding hydrogens is 376 g/mol. The van der Waals surface area contributed by atoms with E-state index in [1.165, 1.54) is 17.8 Å². The third-order valence-electron chi connectivity index (χ3n) is 5.08. The molecular formula is C19H26N6O2S. The normalized spacial score (nSPS) is 20.9. The minimum Gasteiger partial charge on any atom is -0.369 e. The Hall–Kier alpha value is -2.10. The summed E-state index contributed by atoms with van der Waals surface area (Å²) >= 11 is 1.49. The van der Waals surface area contributed by atoms with Crippen LogP contribution in [0.3, 0.4) is 0 Å². The molecule has 150 valence electrons. The SMILES string of the molecule is Cc1nnc(Nc2cccc([C@H]3CN(CC(=O)N4CCCCC4)CCO3)n2)s1. The average molecular weight is 403 g/mol. The number of nitrogens with zero attached hydrogens (tertiary/aromatic N) is 5. The second kappa shape index (κ2) is 8.93. The van der Waals surface area contributed by atoms with Crippen molar-refractivity contribution in [3.8, 4) is 0 Å². The van der Waals surface area contributed by atoms with E-state index in [0.29, 0.717) is 19.7 Å². The molecule has 28 heavy (non-hydrogen) atoms. The molecule has 0 radical (unpaired) electrons. The molecule has 4 heterocycles. The molecule has 9 heteroatoms. The molecule has 2 aliphatic rings. The lowest BCUT2D eigenvalue weighted by atomic mass is 10.1. The first-order valence-corrected chi connectivity index (χ1v) is 10.6. The molecule has 2 saturated heterocycles. The van der Waals surface area contributed by atoms with Gasteiger partial charge in [-0.25, -0.2) is 4.98 Å². The predicted molar refractivity (Wildman–Crippen MR) is 108 cm³/mol. The molecule has 1 N–H and O–H groups in total. The van der Waals surface area contributed by atoms with Crippen molar-refractivity contribution in [1.82, 2.24) is 25.0 Å². The molecule has 2 aromatic rings. The molecule has 2 fully saturated rings. The first kappa shape index (κ1) is 19.2. The van der Waals surface area contributed by atoms with Crippen LogP contribution in [-0.2, 0) is 9.53 Å². The summed E-state index contributed by atoms with van der Waals surface area (Å²) in [6.07, 6.45) is 3.33. The summed E-state index contributed by atoms with van der Waals surface area (Å²) in [5.41, 5.74) is 0.862. The van der Waals surface area contributed by atoms with Crippen molar-refractivity contribution < 1.29 is 9.53 Å². The second-order valence-electron chi connectivity index (χ2n) is 7.23. The fraction of sp³-hybridized carbons (Fsp3) is 0.579. The predicted octanol–water partition coefficient (Wildman–Crippen LogP) is 2.37. The van der Waals surface area contributed by atoms with Crippen molar-refractivity contribution >= 4 is 28.2 Å². The number of anilines is 2. The molecule has 0 aromatic carbocycles. The maximum atomic E-state index is 12.6. The number of carbonyl (C=O) groups excluding carboxylic acids is 1. The van der Waals surface area contributed by atoms with E-state index in [9.17, 15) is 4.79 Å². The number of hydrogen-bond acceptors (Lipinski definition) is 8. The Labute approximate surface area is 168 Å². The van der Waals surface area contributed by atoms with Gasteiger partial charge in [0.2, 0.25) is 11.0 Å². The lowest BCUT2D eigenvalue weighted by Gasteiger charge is -2.34. The van der Waals surface area contributed by atoms with E-state index in [-0.39, 0.29) is 12.0 Å². The van der Waals surface area contributed by atoms with Gasteiger partial charge in [-0.3, -0.25) is 9.69 Å². The van der Waals surface area contributed by atoms with Crippen LogP contribution >= 0.6 is 11.3 Å². The quantitative estimate of drug-likeness (QED) is 0.822. The largest absolute Gasteiger partial charge is 0.369 e. The number of nitrogens with one attached hydrogen (secondary N) is 1. The number of likely N-dealkylation sites (tertiary alicyclic amines) is 1. The van der Waals surface area contributed by atoms with Crippen LogP contribution in [0.15, 0.2) is 18.2 Å². The van der Waals surface area contributed by atoms with E-state index >= 15 is 0 Å². The summed E-state index contributed by atoms with van der Waals surface area (Å²) in [5.74, 6) is 0.953. The summed E-state index contributed by atoms with van der Waals surface area (Å²) in [6, 6.07) is 5.83. The van der Waals surface area contributed by atoms with Gasteiger partial charge in [-0.05, 0) is 38.3 Å². The Morgan fingerprint density at radius 1 is 1.25 bits per heavy atom. The highest BCUT2D eigenvalue weighted by Gasteiger charge is 2.26. The molecule has 0 aliphatic carbocycles.